The zero-order valence-electron chi connectivity index (χ0n) is 14.9. The molecule has 136 valence electrons. The number of benzene rings is 2. The van der Waals surface area contributed by atoms with Gasteiger partial charge in [-0.15, -0.1) is 0 Å². The first-order valence-electron chi connectivity index (χ1n) is 7.81. The summed E-state index contributed by atoms with van der Waals surface area (Å²) in [5.41, 5.74) is 1.18. The van der Waals surface area contributed by atoms with Crippen molar-refractivity contribution in [3.63, 3.8) is 0 Å². The number of ketones is 1. The van der Waals surface area contributed by atoms with Crippen molar-refractivity contribution in [2.24, 2.45) is 0 Å². The lowest BCUT2D eigenvalue weighted by atomic mass is 10.1. The number of Topliss-reactive ketones (excluding diaryl/α,β-unsaturated/α-hetero) is 1. The maximum atomic E-state index is 12.2. The van der Waals surface area contributed by atoms with Crippen LogP contribution < -0.4 is 14.2 Å². The average molecular weight is 356 g/mol. The summed E-state index contributed by atoms with van der Waals surface area (Å²) in [6.45, 7) is -0.360. The van der Waals surface area contributed by atoms with E-state index in [1.165, 1.54) is 20.3 Å². The number of carbonyl (C=O) groups is 2. The highest BCUT2D eigenvalue weighted by atomic mass is 16.5. The number of hydrogen-bond acceptors (Lipinski definition) is 6. The van der Waals surface area contributed by atoms with E-state index in [-0.39, 0.29) is 12.4 Å². The molecule has 0 saturated heterocycles. The van der Waals surface area contributed by atoms with E-state index in [4.69, 9.17) is 18.9 Å². The maximum absolute atomic E-state index is 12.2. The minimum Gasteiger partial charge on any atom is -0.497 e. The van der Waals surface area contributed by atoms with Crippen LogP contribution in [0.3, 0.4) is 0 Å². The van der Waals surface area contributed by atoms with Crippen molar-refractivity contribution in [3.8, 4) is 17.2 Å². The summed E-state index contributed by atoms with van der Waals surface area (Å²) in [5.74, 6) is 0.740. The van der Waals surface area contributed by atoms with Crippen LogP contribution in [0.2, 0.25) is 0 Å². The minimum atomic E-state index is -0.602. The second kappa shape index (κ2) is 9.27. The summed E-state index contributed by atoms with van der Waals surface area (Å²) in [4.78, 5) is 23.9. The van der Waals surface area contributed by atoms with Crippen LogP contribution in [0.4, 0.5) is 0 Å². The van der Waals surface area contributed by atoms with Crippen LogP contribution >= 0.6 is 0 Å². The Hall–Kier alpha value is -3.28. The fourth-order valence-corrected chi connectivity index (χ4v) is 2.16. The van der Waals surface area contributed by atoms with E-state index in [1.807, 2.05) is 0 Å². The summed E-state index contributed by atoms with van der Waals surface area (Å²) in [7, 11) is 4.57. The monoisotopic (exact) mass is 356 g/mol. The van der Waals surface area contributed by atoms with Gasteiger partial charge < -0.3 is 18.9 Å². The first kappa shape index (κ1) is 19.1. The molecular weight excluding hydrogens is 336 g/mol. The molecule has 0 amide bonds. The van der Waals surface area contributed by atoms with Gasteiger partial charge in [-0.3, -0.25) is 4.79 Å². The Balaban J connectivity index is 1.91. The lowest BCUT2D eigenvalue weighted by Crippen LogP contribution is -2.12. The topological polar surface area (TPSA) is 71.1 Å². The number of methoxy groups -OCH3 is 3. The molecule has 2 rings (SSSR count). The summed E-state index contributed by atoms with van der Waals surface area (Å²) in [5, 5.41) is 0. The standard InChI is InChI=1S/C20H20O6/c1-23-16-8-4-14(5-9-16)6-11-20(22)26-13-17(21)15-7-10-18(24-2)19(12-15)25-3/h4-12H,13H2,1-3H3/b11-6+. The van der Waals surface area contributed by atoms with Gasteiger partial charge in [0.1, 0.15) is 5.75 Å². The van der Waals surface area contributed by atoms with E-state index in [9.17, 15) is 9.59 Å². The van der Waals surface area contributed by atoms with Crippen molar-refractivity contribution in [1.29, 1.82) is 0 Å². The molecule has 0 spiro atoms. The number of esters is 1. The van der Waals surface area contributed by atoms with Crippen molar-refractivity contribution in [1.82, 2.24) is 0 Å². The normalized spacial score (nSPS) is 10.4. The van der Waals surface area contributed by atoms with Gasteiger partial charge in [0, 0.05) is 11.6 Å². The van der Waals surface area contributed by atoms with Crippen LogP contribution in [0.5, 0.6) is 17.2 Å². The summed E-state index contributed by atoms with van der Waals surface area (Å²) in [6.07, 6.45) is 2.87. The van der Waals surface area contributed by atoms with E-state index in [0.29, 0.717) is 17.1 Å². The molecule has 0 aromatic heterocycles. The van der Waals surface area contributed by atoms with E-state index in [2.05, 4.69) is 0 Å². The molecule has 0 saturated carbocycles. The molecule has 0 fully saturated rings. The van der Waals surface area contributed by atoms with Crippen molar-refractivity contribution >= 4 is 17.8 Å². The van der Waals surface area contributed by atoms with Gasteiger partial charge in [-0.2, -0.15) is 0 Å². The molecule has 0 heterocycles. The lowest BCUT2D eigenvalue weighted by Gasteiger charge is -2.09. The Kier molecular flexibility index (Phi) is 6.79. The second-order valence-corrected chi connectivity index (χ2v) is 5.21. The third-order valence-electron chi connectivity index (χ3n) is 3.58. The van der Waals surface area contributed by atoms with Crippen molar-refractivity contribution < 1.29 is 28.5 Å². The van der Waals surface area contributed by atoms with Crippen LogP contribution in [0, 0.1) is 0 Å². The van der Waals surface area contributed by atoms with Crippen LogP contribution in [0.1, 0.15) is 15.9 Å². The van der Waals surface area contributed by atoms with Crippen molar-refractivity contribution in [3.05, 3.63) is 59.7 Å². The smallest absolute Gasteiger partial charge is 0.331 e. The Morgan fingerprint density at radius 1 is 0.885 bits per heavy atom. The molecule has 6 heteroatoms. The first-order chi connectivity index (χ1) is 12.6. The van der Waals surface area contributed by atoms with Crippen molar-refractivity contribution in [2.75, 3.05) is 27.9 Å². The van der Waals surface area contributed by atoms with Gasteiger partial charge in [0.15, 0.2) is 23.9 Å². The van der Waals surface area contributed by atoms with Crippen LogP contribution in [0.15, 0.2) is 48.5 Å². The minimum absolute atomic E-state index is 0.336. The third kappa shape index (κ3) is 5.11. The molecule has 0 N–H and O–H groups in total. The lowest BCUT2D eigenvalue weighted by molar-refractivity contribution is -0.136. The molecule has 0 radical (unpaired) electrons. The highest BCUT2D eigenvalue weighted by Crippen LogP contribution is 2.27. The van der Waals surface area contributed by atoms with E-state index in [1.54, 1.807) is 55.7 Å². The van der Waals surface area contributed by atoms with Crippen LogP contribution in [-0.2, 0) is 9.53 Å². The van der Waals surface area contributed by atoms with Gasteiger partial charge in [-0.25, -0.2) is 4.79 Å². The first-order valence-corrected chi connectivity index (χ1v) is 7.81. The van der Waals surface area contributed by atoms with Crippen LogP contribution in [0.25, 0.3) is 6.08 Å². The highest BCUT2D eigenvalue weighted by Gasteiger charge is 2.12. The van der Waals surface area contributed by atoms with E-state index < -0.39 is 5.97 Å². The maximum Gasteiger partial charge on any atom is 0.331 e. The fraction of sp³-hybridized carbons (Fsp3) is 0.200. The number of carbonyl (C=O) groups excluding carboxylic acids is 2. The van der Waals surface area contributed by atoms with E-state index >= 15 is 0 Å². The number of hydrogen-bond donors (Lipinski definition) is 0. The molecule has 0 aliphatic rings. The summed E-state index contributed by atoms with van der Waals surface area (Å²) >= 11 is 0. The van der Waals surface area contributed by atoms with Gasteiger partial charge in [-0.05, 0) is 42.0 Å². The molecule has 26 heavy (non-hydrogen) atoms. The Morgan fingerprint density at radius 3 is 2.19 bits per heavy atom. The molecule has 0 atom stereocenters. The van der Waals surface area contributed by atoms with Gasteiger partial charge in [0.25, 0.3) is 0 Å². The number of rotatable bonds is 8. The van der Waals surface area contributed by atoms with Gasteiger partial charge in [-0.1, -0.05) is 12.1 Å². The Labute approximate surface area is 151 Å². The molecule has 0 aliphatic carbocycles. The SMILES string of the molecule is COc1ccc(/C=C/C(=O)OCC(=O)c2ccc(OC)c(OC)c2)cc1. The van der Waals surface area contributed by atoms with Gasteiger partial charge in [0.05, 0.1) is 21.3 Å². The predicted molar refractivity (Wildman–Crippen MR) is 96.9 cm³/mol. The van der Waals surface area contributed by atoms with E-state index in [0.717, 1.165) is 11.3 Å². The largest absolute Gasteiger partial charge is 0.497 e. The zero-order chi connectivity index (χ0) is 18.9. The van der Waals surface area contributed by atoms with Crippen LogP contribution in [-0.4, -0.2) is 39.7 Å². The fourth-order valence-electron chi connectivity index (χ4n) is 2.16. The quantitative estimate of drug-likeness (QED) is 0.411. The molecule has 0 unspecified atom stereocenters. The second-order valence-electron chi connectivity index (χ2n) is 5.21. The Morgan fingerprint density at radius 2 is 1.58 bits per heavy atom. The van der Waals surface area contributed by atoms with Crippen molar-refractivity contribution in [2.45, 2.75) is 0 Å². The molecule has 0 bridgehead atoms. The Bertz CT molecular complexity index is 792. The third-order valence-corrected chi connectivity index (χ3v) is 3.58. The predicted octanol–water partition coefficient (Wildman–Crippen LogP) is 3.15. The van der Waals surface area contributed by atoms with Gasteiger partial charge >= 0.3 is 5.97 Å². The molecular formula is C20H20O6. The molecule has 2 aromatic rings. The average Bonchev–Trinajstić information content (AvgIpc) is 2.70. The molecule has 2 aromatic carbocycles. The molecule has 6 nitrogen and oxygen atoms in total. The number of ether oxygens (including phenoxy) is 4. The zero-order valence-corrected chi connectivity index (χ0v) is 14.9. The molecule has 0 aliphatic heterocycles. The highest BCUT2D eigenvalue weighted by molar-refractivity contribution is 5.99. The van der Waals surface area contributed by atoms with Gasteiger partial charge in [0.2, 0.25) is 0 Å². The summed E-state index contributed by atoms with van der Waals surface area (Å²) < 4.78 is 20.3. The summed E-state index contributed by atoms with van der Waals surface area (Å²) in [6, 6.07) is 11.9.